The maximum absolute atomic E-state index is 12.9. The van der Waals surface area contributed by atoms with Crippen LogP contribution in [0, 0.1) is 5.82 Å². The van der Waals surface area contributed by atoms with Gasteiger partial charge in [0.25, 0.3) is 0 Å². The molecule has 116 valence electrons. The maximum Gasteiger partial charge on any atom is 0.407 e. The van der Waals surface area contributed by atoms with E-state index >= 15 is 0 Å². The molecule has 0 radical (unpaired) electrons. The average Bonchev–Trinajstić information content (AvgIpc) is 2.77. The van der Waals surface area contributed by atoms with Gasteiger partial charge in [-0.2, -0.15) is 0 Å². The van der Waals surface area contributed by atoms with E-state index in [2.05, 4.69) is 10.2 Å². The van der Waals surface area contributed by atoms with E-state index < -0.39 is 5.60 Å². The summed E-state index contributed by atoms with van der Waals surface area (Å²) >= 11 is 0. The van der Waals surface area contributed by atoms with Gasteiger partial charge in [0, 0.05) is 25.7 Å². The number of carbonyl (C=O) groups excluding carboxylic acids is 1. The number of alkyl carbamates (subject to hydrolysis) is 1. The zero-order chi connectivity index (χ0) is 15.5. The molecule has 1 aromatic carbocycles. The zero-order valence-corrected chi connectivity index (χ0v) is 12.9. The highest BCUT2D eigenvalue weighted by Gasteiger charge is 2.25. The summed E-state index contributed by atoms with van der Waals surface area (Å²) in [7, 11) is 0. The van der Waals surface area contributed by atoms with Crippen molar-refractivity contribution in [1.29, 1.82) is 0 Å². The summed E-state index contributed by atoms with van der Waals surface area (Å²) in [5.41, 5.74) is 0.602. The van der Waals surface area contributed by atoms with Crippen LogP contribution in [0.5, 0.6) is 0 Å². The fraction of sp³-hybridized carbons (Fsp3) is 0.562. The van der Waals surface area contributed by atoms with E-state index in [-0.39, 0.29) is 18.0 Å². The van der Waals surface area contributed by atoms with Crippen LogP contribution in [0.3, 0.4) is 0 Å². The van der Waals surface area contributed by atoms with Crippen LogP contribution in [0.1, 0.15) is 32.8 Å². The molecule has 0 aromatic heterocycles. The van der Waals surface area contributed by atoms with Crippen molar-refractivity contribution in [3.8, 4) is 0 Å². The van der Waals surface area contributed by atoms with Crippen LogP contribution in [0.2, 0.25) is 0 Å². The number of rotatable bonds is 3. The third-order valence-electron chi connectivity index (χ3n) is 3.31. The lowest BCUT2D eigenvalue weighted by Gasteiger charge is -2.22. The van der Waals surface area contributed by atoms with E-state index in [9.17, 15) is 9.18 Å². The van der Waals surface area contributed by atoms with E-state index in [1.165, 1.54) is 12.1 Å². The fourth-order valence-electron chi connectivity index (χ4n) is 2.42. The summed E-state index contributed by atoms with van der Waals surface area (Å²) in [4.78, 5) is 14.0. The molecule has 5 heteroatoms. The van der Waals surface area contributed by atoms with Gasteiger partial charge in [-0.15, -0.1) is 0 Å². The van der Waals surface area contributed by atoms with Gasteiger partial charge in [0.2, 0.25) is 0 Å². The molecule has 1 aromatic rings. The van der Waals surface area contributed by atoms with Gasteiger partial charge in [-0.05, 0) is 44.9 Å². The number of ether oxygens (including phenoxy) is 1. The Labute approximate surface area is 125 Å². The molecule has 1 heterocycles. The second kappa shape index (κ2) is 6.43. The Hall–Kier alpha value is -1.62. The molecular weight excluding hydrogens is 271 g/mol. The first-order chi connectivity index (χ1) is 9.82. The van der Waals surface area contributed by atoms with Crippen molar-refractivity contribution in [3.63, 3.8) is 0 Å². The summed E-state index contributed by atoms with van der Waals surface area (Å²) in [5.74, 6) is -0.218. The van der Waals surface area contributed by atoms with Crippen molar-refractivity contribution >= 4 is 6.09 Å². The highest BCUT2D eigenvalue weighted by Crippen LogP contribution is 2.15. The Morgan fingerprint density at radius 2 is 2.05 bits per heavy atom. The van der Waals surface area contributed by atoms with Crippen molar-refractivity contribution in [2.45, 2.75) is 45.4 Å². The number of hydrogen-bond donors (Lipinski definition) is 1. The zero-order valence-electron chi connectivity index (χ0n) is 12.9. The molecule has 1 fully saturated rings. The molecule has 2 rings (SSSR count). The molecule has 1 N–H and O–H groups in total. The lowest BCUT2D eigenvalue weighted by molar-refractivity contribution is 0.0506. The minimum atomic E-state index is -0.476. The highest BCUT2D eigenvalue weighted by atomic mass is 19.1. The molecule has 0 spiro atoms. The number of carbonyl (C=O) groups is 1. The predicted molar refractivity (Wildman–Crippen MR) is 79.5 cm³/mol. The number of amides is 1. The normalized spacial score (nSPS) is 19.5. The topological polar surface area (TPSA) is 41.6 Å². The highest BCUT2D eigenvalue weighted by molar-refractivity contribution is 5.68. The molecule has 1 saturated heterocycles. The van der Waals surface area contributed by atoms with Gasteiger partial charge in [0.15, 0.2) is 0 Å². The van der Waals surface area contributed by atoms with Gasteiger partial charge in [-0.1, -0.05) is 12.1 Å². The van der Waals surface area contributed by atoms with Gasteiger partial charge in [0.1, 0.15) is 11.4 Å². The molecule has 1 aliphatic heterocycles. The van der Waals surface area contributed by atoms with Gasteiger partial charge in [0.05, 0.1) is 0 Å². The maximum atomic E-state index is 12.9. The first-order valence-corrected chi connectivity index (χ1v) is 7.28. The minimum absolute atomic E-state index is 0.111. The quantitative estimate of drug-likeness (QED) is 0.932. The number of nitrogens with zero attached hydrogens (tertiary/aromatic N) is 1. The van der Waals surface area contributed by atoms with Crippen LogP contribution in [0.15, 0.2) is 24.3 Å². The Balaban J connectivity index is 1.78. The Morgan fingerprint density at radius 1 is 1.38 bits per heavy atom. The molecule has 0 saturated carbocycles. The van der Waals surface area contributed by atoms with E-state index in [4.69, 9.17) is 4.74 Å². The molecule has 1 aliphatic rings. The summed E-state index contributed by atoms with van der Waals surface area (Å²) in [6, 6.07) is 6.65. The van der Waals surface area contributed by atoms with Crippen LogP contribution in [-0.4, -0.2) is 35.7 Å². The molecule has 1 amide bonds. The number of hydrogen-bond acceptors (Lipinski definition) is 3. The monoisotopic (exact) mass is 294 g/mol. The van der Waals surface area contributed by atoms with Crippen molar-refractivity contribution in [3.05, 3.63) is 35.6 Å². The Bertz CT molecular complexity index is 482. The number of likely N-dealkylation sites (tertiary alicyclic amines) is 1. The van der Waals surface area contributed by atoms with Gasteiger partial charge in [-0.25, -0.2) is 9.18 Å². The first-order valence-electron chi connectivity index (χ1n) is 7.28. The molecule has 4 nitrogen and oxygen atoms in total. The Morgan fingerprint density at radius 3 is 2.67 bits per heavy atom. The largest absolute Gasteiger partial charge is 0.444 e. The van der Waals surface area contributed by atoms with Crippen molar-refractivity contribution in [2.75, 3.05) is 13.1 Å². The van der Waals surface area contributed by atoms with Crippen LogP contribution in [0.25, 0.3) is 0 Å². The summed E-state index contributed by atoms with van der Waals surface area (Å²) in [6.45, 7) is 8.02. The van der Waals surface area contributed by atoms with E-state index in [0.29, 0.717) is 0 Å². The summed E-state index contributed by atoms with van der Waals surface area (Å²) in [6.07, 6.45) is 0.539. The van der Waals surface area contributed by atoms with Crippen LogP contribution < -0.4 is 5.32 Å². The van der Waals surface area contributed by atoms with E-state index in [1.807, 2.05) is 20.8 Å². The molecule has 0 unspecified atom stereocenters. The van der Waals surface area contributed by atoms with Gasteiger partial charge < -0.3 is 10.1 Å². The van der Waals surface area contributed by atoms with Crippen molar-refractivity contribution in [2.24, 2.45) is 0 Å². The predicted octanol–water partition coefficient (Wildman–Crippen LogP) is 2.92. The third-order valence-corrected chi connectivity index (χ3v) is 3.31. The van der Waals surface area contributed by atoms with Crippen molar-refractivity contribution < 1.29 is 13.9 Å². The smallest absolute Gasteiger partial charge is 0.407 e. The van der Waals surface area contributed by atoms with Crippen LogP contribution >= 0.6 is 0 Å². The number of nitrogens with one attached hydrogen (secondary N) is 1. The molecule has 0 aliphatic carbocycles. The number of halogens is 1. The van der Waals surface area contributed by atoms with E-state index in [1.54, 1.807) is 12.1 Å². The summed E-state index contributed by atoms with van der Waals surface area (Å²) in [5, 5.41) is 2.90. The van der Waals surface area contributed by atoms with Crippen molar-refractivity contribution in [1.82, 2.24) is 10.2 Å². The van der Waals surface area contributed by atoms with Crippen LogP contribution in [-0.2, 0) is 11.3 Å². The second-order valence-corrected chi connectivity index (χ2v) is 6.49. The minimum Gasteiger partial charge on any atom is -0.444 e. The molecule has 1 atom stereocenters. The second-order valence-electron chi connectivity index (χ2n) is 6.49. The van der Waals surface area contributed by atoms with Gasteiger partial charge >= 0.3 is 6.09 Å². The van der Waals surface area contributed by atoms with Gasteiger partial charge in [-0.3, -0.25) is 4.90 Å². The first kappa shape index (κ1) is 15.8. The molecule has 0 bridgehead atoms. The average molecular weight is 294 g/mol. The summed E-state index contributed by atoms with van der Waals surface area (Å²) < 4.78 is 18.1. The van der Waals surface area contributed by atoms with E-state index in [0.717, 1.165) is 31.6 Å². The lowest BCUT2D eigenvalue weighted by Crippen LogP contribution is -2.40. The number of benzene rings is 1. The third kappa shape index (κ3) is 5.34. The van der Waals surface area contributed by atoms with Crippen LogP contribution in [0.4, 0.5) is 9.18 Å². The molecular formula is C16H23FN2O2. The standard InChI is InChI=1S/C16H23FN2O2/c1-16(2,3)21-15(20)18-14-8-9-19(11-14)10-12-4-6-13(17)7-5-12/h4-7,14H,8-11H2,1-3H3,(H,18,20)/t14-/m1/s1. The SMILES string of the molecule is CC(C)(C)OC(=O)N[C@@H]1CCN(Cc2ccc(F)cc2)C1. The molecule has 21 heavy (non-hydrogen) atoms. The fourth-order valence-corrected chi connectivity index (χ4v) is 2.42. The lowest BCUT2D eigenvalue weighted by atomic mass is 10.2. The Kier molecular flexibility index (Phi) is 4.83.